The zero-order valence-corrected chi connectivity index (χ0v) is 13.0. The van der Waals surface area contributed by atoms with Gasteiger partial charge in [0, 0.05) is 38.8 Å². The number of nitrogens with zero attached hydrogens (tertiary/aromatic N) is 1. The van der Waals surface area contributed by atoms with E-state index in [4.69, 9.17) is 4.74 Å². The Labute approximate surface area is 119 Å². The average molecular weight is 268 g/mol. The molecule has 1 heterocycles. The second-order valence-corrected chi connectivity index (χ2v) is 6.90. The van der Waals surface area contributed by atoms with Crippen LogP contribution in [0.1, 0.15) is 46.0 Å². The van der Waals surface area contributed by atoms with Gasteiger partial charge < -0.3 is 10.1 Å². The van der Waals surface area contributed by atoms with Crippen LogP contribution in [0.4, 0.5) is 0 Å². The van der Waals surface area contributed by atoms with E-state index in [1.807, 2.05) is 0 Å². The van der Waals surface area contributed by atoms with E-state index in [1.54, 1.807) is 7.11 Å². The molecular weight excluding hydrogens is 236 g/mol. The third-order valence-electron chi connectivity index (χ3n) is 4.66. The first-order chi connectivity index (χ1) is 9.19. The van der Waals surface area contributed by atoms with Crippen molar-refractivity contribution in [3.05, 3.63) is 0 Å². The first-order valence-corrected chi connectivity index (χ1v) is 8.16. The largest absolute Gasteiger partial charge is 0.383 e. The zero-order chi connectivity index (χ0) is 13.7. The van der Waals surface area contributed by atoms with Gasteiger partial charge in [0.25, 0.3) is 0 Å². The van der Waals surface area contributed by atoms with E-state index in [9.17, 15) is 0 Å². The van der Waals surface area contributed by atoms with Crippen LogP contribution in [-0.4, -0.2) is 50.3 Å². The number of hydrogen-bond acceptors (Lipinski definition) is 3. The van der Waals surface area contributed by atoms with Gasteiger partial charge in [-0.15, -0.1) is 0 Å². The molecule has 0 radical (unpaired) electrons. The Balaban J connectivity index is 1.79. The smallest absolute Gasteiger partial charge is 0.0589 e. The number of hydrogen-bond donors (Lipinski definition) is 1. The molecule has 1 saturated heterocycles. The van der Waals surface area contributed by atoms with E-state index in [0.29, 0.717) is 6.04 Å². The Morgan fingerprint density at radius 1 is 1.26 bits per heavy atom. The summed E-state index contributed by atoms with van der Waals surface area (Å²) < 4.78 is 5.25. The minimum atomic E-state index is 0.712. The Hall–Kier alpha value is -0.120. The number of methoxy groups -OCH3 is 1. The summed E-state index contributed by atoms with van der Waals surface area (Å²) in [5.41, 5.74) is 0. The summed E-state index contributed by atoms with van der Waals surface area (Å²) in [5, 5.41) is 3.89. The highest BCUT2D eigenvalue weighted by atomic mass is 16.5. The van der Waals surface area contributed by atoms with Gasteiger partial charge in [-0.25, -0.2) is 0 Å². The van der Waals surface area contributed by atoms with Crippen molar-refractivity contribution in [2.45, 2.75) is 58.0 Å². The van der Waals surface area contributed by atoms with E-state index in [1.165, 1.54) is 45.2 Å². The maximum Gasteiger partial charge on any atom is 0.0589 e. The molecule has 3 atom stereocenters. The van der Waals surface area contributed by atoms with Crippen LogP contribution in [0.3, 0.4) is 0 Å². The van der Waals surface area contributed by atoms with Crippen molar-refractivity contribution in [2.75, 3.05) is 33.4 Å². The summed E-state index contributed by atoms with van der Waals surface area (Å²) in [6, 6.07) is 1.53. The van der Waals surface area contributed by atoms with Crippen LogP contribution < -0.4 is 5.32 Å². The van der Waals surface area contributed by atoms with Gasteiger partial charge in [0.05, 0.1) is 6.61 Å². The fraction of sp³-hybridized carbons (Fsp3) is 1.00. The second-order valence-electron chi connectivity index (χ2n) is 6.90. The molecule has 1 aliphatic heterocycles. The fourth-order valence-corrected chi connectivity index (χ4v) is 3.88. The normalized spacial score (nSPS) is 31.1. The van der Waals surface area contributed by atoms with E-state index in [-0.39, 0.29) is 0 Å². The van der Waals surface area contributed by atoms with Crippen LogP contribution in [0.15, 0.2) is 0 Å². The molecule has 1 aliphatic carbocycles. The summed E-state index contributed by atoms with van der Waals surface area (Å²) >= 11 is 0. The van der Waals surface area contributed by atoms with Gasteiger partial charge in [0.2, 0.25) is 0 Å². The highest BCUT2D eigenvalue weighted by Gasteiger charge is 2.35. The van der Waals surface area contributed by atoms with Crippen molar-refractivity contribution in [2.24, 2.45) is 11.8 Å². The molecule has 2 aliphatic rings. The molecule has 112 valence electrons. The second kappa shape index (κ2) is 7.61. The molecule has 0 aromatic rings. The molecule has 0 aromatic heterocycles. The molecule has 1 N–H and O–H groups in total. The van der Waals surface area contributed by atoms with Crippen LogP contribution >= 0.6 is 0 Å². The number of rotatable bonds is 7. The minimum absolute atomic E-state index is 0.712. The number of fused-ring (bicyclic) bond motifs is 1. The Morgan fingerprint density at radius 2 is 2.05 bits per heavy atom. The Morgan fingerprint density at radius 3 is 2.74 bits per heavy atom. The van der Waals surface area contributed by atoms with Crippen molar-refractivity contribution in [3.8, 4) is 0 Å². The molecule has 0 spiro atoms. The molecule has 3 heteroatoms. The quantitative estimate of drug-likeness (QED) is 0.768. The summed E-state index contributed by atoms with van der Waals surface area (Å²) in [6.07, 6.45) is 7.14. The standard InChI is InChI=1S/C16H32N2O/c1-13(2)11-18(8-9-19-3)12-15-10-14-6-4-5-7-16(14)17-15/h13-17H,4-12H2,1-3H3. The van der Waals surface area contributed by atoms with Crippen LogP contribution in [0, 0.1) is 11.8 Å². The van der Waals surface area contributed by atoms with Crippen LogP contribution in [0.5, 0.6) is 0 Å². The van der Waals surface area contributed by atoms with Gasteiger partial charge in [0.15, 0.2) is 0 Å². The molecule has 2 fully saturated rings. The lowest BCUT2D eigenvalue weighted by molar-refractivity contribution is 0.133. The Kier molecular flexibility index (Phi) is 6.11. The predicted molar refractivity (Wildman–Crippen MR) is 80.4 cm³/mol. The summed E-state index contributed by atoms with van der Waals surface area (Å²) in [6.45, 7) is 8.93. The SMILES string of the molecule is COCCN(CC(C)C)CC1CC2CCCCC2N1. The zero-order valence-electron chi connectivity index (χ0n) is 13.0. The van der Waals surface area contributed by atoms with E-state index in [0.717, 1.165) is 31.0 Å². The monoisotopic (exact) mass is 268 g/mol. The maximum absolute atomic E-state index is 5.25. The third kappa shape index (κ3) is 4.73. The van der Waals surface area contributed by atoms with Crippen molar-refractivity contribution in [3.63, 3.8) is 0 Å². The summed E-state index contributed by atoms with van der Waals surface area (Å²) in [5.74, 6) is 1.70. The first kappa shape index (κ1) is 15.3. The molecule has 1 saturated carbocycles. The van der Waals surface area contributed by atoms with Gasteiger partial charge in [-0.3, -0.25) is 4.90 Å². The first-order valence-electron chi connectivity index (χ1n) is 8.16. The van der Waals surface area contributed by atoms with Gasteiger partial charge >= 0.3 is 0 Å². The maximum atomic E-state index is 5.25. The van der Waals surface area contributed by atoms with Gasteiger partial charge in [0.1, 0.15) is 0 Å². The molecule has 19 heavy (non-hydrogen) atoms. The molecule has 2 rings (SSSR count). The number of ether oxygens (including phenoxy) is 1. The predicted octanol–water partition coefficient (Wildman–Crippen LogP) is 2.51. The molecular formula is C16H32N2O. The lowest BCUT2D eigenvalue weighted by atomic mass is 9.85. The van der Waals surface area contributed by atoms with Crippen molar-refractivity contribution in [1.29, 1.82) is 0 Å². The topological polar surface area (TPSA) is 24.5 Å². The van der Waals surface area contributed by atoms with Gasteiger partial charge in [-0.05, 0) is 31.1 Å². The summed E-state index contributed by atoms with van der Waals surface area (Å²) in [7, 11) is 1.80. The molecule has 0 aromatic carbocycles. The number of nitrogens with one attached hydrogen (secondary N) is 1. The molecule has 3 unspecified atom stereocenters. The van der Waals surface area contributed by atoms with Crippen molar-refractivity contribution < 1.29 is 4.74 Å². The third-order valence-corrected chi connectivity index (χ3v) is 4.66. The molecule has 3 nitrogen and oxygen atoms in total. The highest BCUT2D eigenvalue weighted by Crippen LogP contribution is 2.33. The highest BCUT2D eigenvalue weighted by molar-refractivity contribution is 4.94. The van der Waals surface area contributed by atoms with Crippen molar-refractivity contribution in [1.82, 2.24) is 10.2 Å². The van der Waals surface area contributed by atoms with E-state index in [2.05, 4.69) is 24.1 Å². The fourth-order valence-electron chi connectivity index (χ4n) is 3.88. The van der Waals surface area contributed by atoms with Gasteiger partial charge in [-0.1, -0.05) is 26.7 Å². The van der Waals surface area contributed by atoms with E-state index >= 15 is 0 Å². The average Bonchev–Trinajstić information content (AvgIpc) is 2.77. The lowest BCUT2D eigenvalue weighted by Gasteiger charge is -2.27. The van der Waals surface area contributed by atoms with Crippen LogP contribution in [-0.2, 0) is 4.74 Å². The molecule has 0 amide bonds. The van der Waals surface area contributed by atoms with Crippen LogP contribution in [0.25, 0.3) is 0 Å². The van der Waals surface area contributed by atoms with Crippen molar-refractivity contribution >= 4 is 0 Å². The Bertz CT molecular complexity index is 243. The molecule has 0 bridgehead atoms. The summed E-state index contributed by atoms with van der Waals surface area (Å²) in [4.78, 5) is 2.59. The lowest BCUT2D eigenvalue weighted by Crippen LogP contribution is -2.42. The van der Waals surface area contributed by atoms with Gasteiger partial charge in [-0.2, -0.15) is 0 Å². The minimum Gasteiger partial charge on any atom is -0.383 e. The van der Waals surface area contributed by atoms with Crippen LogP contribution in [0.2, 0.25) is 0 Å². The van der Waals surface area contributed by atoms with E-state index < -0.39 is 0 Å².